The first-order valence-corrected chi connectivity index (χ1v) is 12.1. The maximum Gasteiger partial charge on any atom is 0.319 e. The first kappa shape index (κ1) is 20.6. The number of hydrogen-bond donors (Lipinski definition) is 2. The fourth-order valence-electron chi connectivity index (χ4n) is 6.23. The van der Waals surface area contributed by atoms with E-state index in [2.05, 4.69) is 23.2 Å². The van der Waals surface area contributed by atoms with Crippen molar-refractivity contribution in [3.05, 3.63) is 47.7 Å². The number of anilines is 1. The first-order chi connectivity index (χ1) is 17.1. The van der Waals surface area contributed by atoms with Crippen LogP contribution in [-0.2, 0) is 4.79 Å². The van der Waals surface area contributed by atoms with Crippen LogP contribution in [0.3, 0.4) is 0 Å². The zero-order valence-corrected chi connectivity index (χ0v) is 19.4. The summed E-state index contributed by atoms with van der Waals surface area (Å²) < 4.78 is 5.64. The number of ether oxygens (including phenoxy) is 1. The molecule has 2 aliphatic heterocycles. The minimum Gasteiger partial charge on any atom is -0.508 e. The summed E-state index contributed by atoms with van der Waals surface area (Å²) in [6, 6.07) is 10.8. The van der Waals surface area contributed by atoms with E-state index < -0.39 is 0 Å². The van der Waals surface area contributed by atoms with E-state index in [1.165, 1.54) is 5.56 Å². The summed E-state index contributed by atoms with van der Waals surface area (Å²) in [4.78, 5) is 27.9. The Morgan fingerprint density at radius 2 is 2.03 bits per heavy atom. The summed E-state index contributed by atoms with van der Waals surface area (Å²) in [5.74, 6) is 1.04. The molecule has 176 valence electrons. The molecular weight excluding hydrogens is 442 g/mol. The minimum atomic E-state index is -0.101. The topological polar surface area (TPSA) is 100 Å². The molecule has 0 amide bonds. The predicted octanol–water partition coefficient (Wildman–Crippen LogP) is 3.53. The fraction of sp³-hybridized carbons (Fsp3) is 0.333. The highest BCUT2D eigenvalue weighted by Gasteiger charge is 2.35. The number of rotatable bonds is 4. The molecule has 4 aromatic rings. The summed E-state index contributed by atoms with van der Waals surface area (Å²) >= 11 is 0. The highest BCUT2D eigenvalue weighted by molar-refractivity contribution is 6.06. The Balaban J connectivity index is 1.49. The van der Waals surface area contributed by atoms with Crippen LogP contribution < -0.4 is 15.0 Å². The van der Waals surface area contributed by atoms with Gasteiger partial charge < -0.3 is 20.1 Å². The molecule has 4 heterocycles. The lowest BCUT2D eigenvalue weighted by atomic mass is 9.79. The maximum absolute atomic E-state index is 11.0. The van der Waals surface area contributed by atoms with Gasteiger partial charge in [0.25, 0.3) is 0 Å². The molecule has 1 aliphatic carbocycles. The number of carbonyl (C=O) groups is 1. The summed E-state index contributed by atoms with van der Waals surface area (Å²) in [7, 11) is 0. The van der Waals surface area contributed by atoms with E-state index in [1.807, 2.05) is 18.3 Å². The average molecular weight is 468 g/mol. The van der Waals surface area contributed by atoms with Crippen molar-refractivity contribution in [3.63, 3.8) is 0 Å². The summed E-state index contributed by atoms with van der Waals surface area (Å²) in [6.45, 7) is 3.79. The van der Waals surface area contributed by atoms with Gasteiger partial charge >= 0.3 is 6.01 Å². The van der Waals surface area contributed by atoms with Gasteiger partial charge in [-0.25, -0.2) is 0 Å². The second-order valence-electron chi connectivity index (χ2n) is 9.79. The van der Waals surface area contributed by atoms with Gasteiger partial charge in [-0.15, -0.1) is 0 Å². The molecule has 2 saturated heterocycles. The number of piperazine rings is 1. The van der Waals surface area contributed by atoms with Crippen molar-refractivity contribution in [1.29, 1.82) is 0 Å². The minimum absolute atomic E-state index is 0.0304. The third kappa shape index (κ3) is 3.09. The van der Waals surface area contributed by atoms with Crippen molar-refractivity contribution in [1.82, 2.24) is 20.3 Å². The molecule has 2 bridgehead atoms. The van der Waals surface area contributed by atoms with E-state index in [-0.39, 0.29) is 24.3 Å². The second-order valence-corrected chi connectivity index (χ2v) is 9.79. The largest absolute Gasteiger partial charge is 0.508 e. The Morgan fingerprint density at radius 1 is 1.20 bits per heavy atom. The SMILES string of the molecule is CC1c2c(ncc3c(N4CC5CCC(C4)N5)nc(OCC=O)nc23)-c2cc(O)cc3cccc1c23. The molecule has 2 fully saturated rings. The molecule has 3 unspecified atom stereocenters. The number of pyridine rings is 1. The number of phenolic OH excluding ortho intramolecular Hbond substituents is 1. The van der Waals surface area contributed by atoms with Gasteiger partial charge in [0, 0.05) is 48.4 Å². The first-order valence-electron chi connectivity index (χ1n) is 12.1. The summed E-state index contributed by atoms with van der Waals surface area (Å²) in [5.41, 5.74) is 4.67. The molecule has 0 saturated carbocycles. The maximum atomic E-state index is 11.0. The van der Waals surface area contributed by atoms with E-state index in [0.717, 1.165) is 70.2 Å². The standard InChI is InChI=1S/C27H25N5O3/c1-14-19-4-2-3-15-9-18(34)10-20(23(15)19)24-22(14)25-21(11-28-24)26(31-27(30-25)35-8-7-33)32-12-16-5-6-17(13-32)29-16/h2-4,7,9-11,14,16-17,29,34H,5-6,8,12-13H2,1H3. The van der Waals surface area contributed by atoms with Gasteiger partial charge in [-0.1, -0.05) is 25.1 Å². The monoisotopic (exact) mass is 467 g/mol. The van der Waals surface area contributed by atoms with Crippen molar-refractivity contribution >= 4 is 33.8 Å². The quantitative estimate of drug-likeness (QED) is 0.440. The van der Waals surface area contributed by atoms with Crippen LogP contribution in [0.15, 0.2) is 36.5 Å². The fourth-order valence-corrected chi connectivity index (χ4v) is 6.23. The van der Waals surface area contributed by atoms with Crippen molar-refractivity contribution in [2.45, 2.75) is 37.8 Å². The van der Waals surface area contributed by atoms with Crippen LogP contribution in [0.5, 0.6) is 11.8 Å². The molecular formula is C27H25N5O3. The van der Waals surface area contributed by atoms with Crippen molar-refractivity contribution in [2.24, 2.45) is 0 Å². The predicted molar refractivity (Wildman–Crippen MR) is 133 cm³/mol. The van der Waals surface area contributed by atoms with Crippen LogP contribution in [0.1, 0.15) is 36.8 Å². The number of aldehydes is 1. The van der Waals surface area contributed by atoms with Crippen molar-refractivity contribution < 1.29 is 14.6 Å². The molecule has 0 spiro atoms. The zero-order chi connectivity index (χ0) is 23.7. The van der Waals surface area contributed by atoms with Gasteiger partial charge in [0.15, 0.2) is 6.29 Å². The number of aromatic nitrogens is 3. The number of nitrogens with one attached hydrogen (secondary N) is 1. The van der Waals surface area contributed by atoms with E-state index in [1.54, 1.807) is 12.1 Å². The number of carbonyl (C=O) groups excluding carboxylic acids is 1. The normalized spacial score (nSPS) is 22.4. The van der Waals surface area contributed by atoms with Crippen LogP contribution in [0.2, 0.25) is 0 Å². The number of phenols is 1. The Bertz CT molecular complexity index is 1510. The smallest absolute Gasteiger partial charge is 0.319 e. The Labute approximate surface area is 202 Å². The van der Waals surface area contributed by atoms with Crippen LogP contribution >= 0.6 is 0 Å². The van der Waals surface area contributed by atoms with Crippen molar-refractivity contribution in [2.75, 3.05) is 24.6 Å². The van der Waals surface area contributed by atoms with Crippen LogP contribution in [0.4, 0.5) is 5.82 Å². The molecule has 2 aromatic carbocycles. The van der Waals surface area contributed by atoms with E-state index in [9.17, 15) is 9.90 Å². The number of hydrogen-bond acceptors (Lipinski definition) is 8. The number of fused-ring (bicyclic) bond motifs is 6. The Kier molecular flexibility index (Phi) is 4.48. The van der Waals surface area contributed by atoms with Crippen LogP contribution in [0.25, 0.3) is 32.9 Å². The molecule has 2 N–H and O–H groups in total. The van der Waals surface area contributed by atoms with E-state index >= 15 is 0 Å². The highest BCUT2D eigenvalue weighted by Crippen LogP contribution is 2.48. The summed E-state index contributed by atoms with van der Waals surface area (Å²) in [6.07, 6.45) is 4.89. The van der Waals surface area contributed by atoms with Gasteiger partial charge in [-0.05, 0) is 41.3 Å². The van der Waals surface area contributed by atoms with Gasteiger partial charge in [-0.3, -0.25) is 9.78 Å². The van der Waals surface area contributed by atoms with Gasteiger partial charge in [0.2, 0.25) is 0 Å². The molecule has 3 aliphatic rings. The van der Waals surface area contributed by atoms with Crippen LogP contribution in [0, 0.1) is 0 Å². The molecule has 8 nitrogen and oxygen atoms in total. The number of aromatic hydroxyl groups is 1. The molecule has 35 heavy (non-hydrogen) atoms. The van der Waals surface area contributed by atoms with Gasteiger partial charge in [-0.2, -0.15) is 9.97 Å². The summed E-state index contributed by atoms with van der Waals surface area (Å²) in [5, 5.41) is 17.1. The van der Waals surface area contributed by atoms with Gasteiger partial charge in [0.05, 0.1) is 16.6 Å². The lowest BCUT2D eigenvalue weighted by Crippen LogP contribution is -2.51. The molecule has 8 heteroatoms. The highest BCUT2D eigenvalue weighted by atomic mass is 16.5. The number of nitrogens with zero attached hydrogens (tertiary/aromatic N) is 4. The zero-order valence-electron chi connectivity index (χ0n) is 19.4. The van der Waals surface area contributed by atoms with Crippen LogP contribution in [-0.4, -0.2) is 58.1 Å². The van der Waals surface area contributed by atoms with Crippen molar-refractivity contribution in [3.8, 4) is 23.0 Å². The third-order valence-corrected chi connectivity index (χ3v) is 7.68. The molecule has 3 atom stereocenters. The van der Waals surface area contributed by atoms with Gasteiger partial charge in [0.1, 0.15) is 18.2 Å². The molecule has 2 aromatic heterocycles. The third-order valence-electron chi connectivity index (χ3n) is 7.68. The molecule has 7 rings (SSSR count). The lowest BCUT2D eigenvalue weighted by molar-refractivity contribution is -0.109. The Hall–Kier alpha value is -3.78. The Morgan fingerprint density at radius 3 is 2.83 bits per heavy atom. The van der Waals surface area contributed by atoms with E-state index in [0.29, 0.717) is 18.4 Å². The molecule has 0 radical (unpaired) electrons. The average Bonchev–Trinajstić information content (AvgIpc) is 3.21. The number of benzene rings is 2. The second kappa shape index (κ2) is 7.61. The lowest BCUT2D eigenvalue weighted by Gasteiger charge is -2.34. The van der Waals surface area contributed by atoms with E-state index in [4.69, 9.17) is 19.7 Å².